The molecule has 7 rings (SSSR count). The van der Waals surface area contributed by atoms with Gasteiger partial charge in [0.05, 0.1) is 40.5 Å². The summed E-state index contributed by atoms with van der Waals surface area (Å²) in [6, 6.07) is 4.51. The van der Waals surface area contributed by atoms with Gasteiger partial charge in [0.25, 0.3) is 5.92 Å². The van der Waals surface area contributed by atoms with Gasteiger partial charge in [0.2, 0.25) is 15.9 Å². The number of carbonyl (C=O) groups excluding carboxylic acids is 2. The Kier molecular flexibility index (Phi) is 14.3. The number of fused-ring (bicyclic) bond motifs is 4. The van der Waals surface area contributed by atoms with Crippen LogP contribution in [0.15, 0.2) is 42.5 Å². The molecule has 2 aliphatic carbocycles. The van der Waals surface area contributed by atoms with Gasteiger partial charge in [-0.1, -0.05) is 23.6 Å². The number of carboxylic acid groups (broad SMARTS) is 1. The molecule has 3 amide bonds. The van der Waals surface area contributed by atoms with Crippen LogP contribution in [0.5, 0.6) is 0 Å². The highest BCUT2D eigenvalue weighted by Crippen LogP contribution is 2.68. The van der Waals surface area contributed by atoms with E-state index in [1.807, 2.05) is 0 Å². The van der Waals surface area contributed by atoms with Gasteiger partial charge < -0.3 is 20.1 Å². The van der Waals surface area contributed by atoms with E-state index in [9.17, 15) is 71.4 Å². The molecule has 398 valence electrons. The second-order valence-electron chi connectivity index (χ2n) is 17.9. The standard InChI is InChI=1S/C44H39ClF10N8O9S2/c1-41(2,73(4,68)69)11-10-24-6-7-25(26-8-9-29(45)33-35(26)62(20-42(48,49)50)59-38(33)63(74(5,70)71)40(67)72-13-12-60(3)39(65)66)34(56-24)30(16-21-14-22(46)17-23(47)15-21)57-31(64)19-61-37-32(36(58-61)44(53,54)55)27-18-28(27)43(37,51)52/h6-9,14-15,17,27-28,30H,12-13,16,18-20H2,1-5H3,(H,57,64)(H,65,66)/t27-,28+,30?/m0/s1. The van der Waals surface area contributed by atoms with Crippen molar-refractivity contribution in [3.63, 3.8) is 0 Å². The topological polar surface area (TPSA) is 216 Å². The van der Waals surface area contributed by atoms with Crippen molar-refractivity contribution in [1.82, 2.24) is 34.8 Å². The molecule has 0 spiro atoms. The van der Waals surface area contributed by atoms with Gasteiger partial charge in [-0.15, -0.1) is 0 Å². The smallest absolute Gasteiger partial charge is 0.435 e. The lowest BCUT2D eigenvalue weighted by Gasteiger charge is -2.23. The Morgan fingerprint density at radius 3 is 2.19 bits per heavy atom. The Morgan fingerprint density at radius 2 is 1.61 bits per heavy atom. The number of hydrogen-bond acceptors (Lipinski definition) is 11. The van der Waals surface area contributed by atoms with Gasteiger partial charge in [-0.25, -0.2) is 40.2 Å². The van der Waals surface area contributed by atoms with Gasteiger partial charge >= 0.3 is 24.5 Å². The number of nitrogens with zero attached hydrogens (tertiary/aromatic N) is 7. The number of hydrogen-bond donors (Lipinski definition) is 2. The maximum atomic E-state index is 15.6. The number of halogens is 11. The molecule has 5 aromatic rings. The Bertz CT molecular complexity index is 3410. The highest BCUT2D eigenvalue weighted by Gasteiger charge is 2.68. The molecule has 0 aliphatic heterocycles. The second-order valence-corrected chi connectivity index (χ2v) is 22.7. The molecule has 2 aliphatic rings. The molecular formula is C44H39ClF10N8O9S2. The Hall–Kier alpha value is -6.67. The van der Waals surface area contributed by atoms with Gasteiger partial charge in [0, 0.05) is 42.0 Å². The fourth-order valence-corrected chi connectivity index (χ4v) is 9.44. The predicted molar refractivity (Wildman–Crippen MR) is 242 cm³/mol. The van der Waals surface area contributed by atoms with E-state index in [1.54, 1.807) is 0 Å². The largest absolute Gasteiger partial charge is 0.465 e. The number of amides is 3. The summed E-state index contributed by atoms with van der Waals surface area (Å²) in [5, 5.41) is 17.6. The van der Waals surface area contributed by atoms with Crippen LogP contribution in [0.1, 0.15) is 66.1 Å². The first-order valence-electron chi connectivity index (χ1n) is 21.4. The van der Waals surface area contributed by atoms with Crippen molar-refractivity contribution in [2.24, 2.45) is 5.92 Å². The number of ether oxygens (including phenoxy) is 1. The number of carbonyl (C=O) groups is 3. The summed E-state index contributed by atoms with van der Waals surface area (Å²) >= 11 is 6.60. The van der Waals surface area contributed by atoms with E-state index < -0.39 is 173 Å². The lowest BCUT2D eigenvalue weighted by atomic mass is 9.93. The molecule has 2 N–H and O–H groups in total. The van der Waals surface area contributed by atoms with Crippen molar-refractivity contribution in [1.29, 1.82) is 0 Å². The maximum Gasteiger partial charge on any atom is 0.435 e. The van der Waals surface area contributed by atoms with Crippen molar-refractivity contribution in [2.45, 2.75) is 74.8 Å². The van der Waals surface area contributed by atoms with E-state index in [2.05, 4.69) is 32.3 Å². The van der Waals surface area contributed by atoms with Crippen LogP contribution in [0.2, 0.25) is 5.02 Å². The number of rotatable bonds is 14. The van der Waals surface area contributed by atoms with E-state index in [1.165, 1.54) is 13.8 Å². The van der Waals surface area contributed by atoms with Gasteiger partial charge in [0.15, 0.2) is 21.3 Å². The summed E-state index contributed by atoms with van der Waals surface area (Å²) in [6.45, 7) is -2.22. The van der Waals surface area contributed by atoms with E-state index in [0.717, 1.165) is 49.7 Å². The quantitative estimate of drug-likeness (QED) is 0.0805. The first-order valence-corrected chi connectivity index (χ1v) is 25.5. The average Bonchev–Trinajstić information content (AvgIpc) is 3.77. The Balaban J connectivity index is 1.47. The number of aromatic nitrogens is 5. The normalized spacial score (nSPS) is 16.7. The molecule has 17 nitrogen and oxygen atoms in total. The van der Waals surface area contributed by atoms with Crippen molar-refractivity contribution in [3.8, 4) is 23.0 Å². The van der Waals surface area contributed by atoms with Gasteiger partial charge in [-0.05, 0) is 74.4 Å². The summed E-state index contributed by atoms with van der Waals surface area (Å²) in [4.78, 5) is 44.1. The third kappa shape index (κ3) is 11.2. The van der Waals surface area contributed by atoms with Gasteiger partial charge in [0.1, 0.15) is 47.5 Å². The van der Waals surface area contributed by atoms with E-state index >= 15 is 8.78 Å². The minimum absolute atomic E-state index is 0.148. The highest BCUT2D eigenvalue weighted by molar-refractivity contribution is 7.93. The number of benzene rings is 2. The van der Waals surface area contributed by atoms with Crippen LogP contribution in [-0.4, -0.2) is 113 Å². The molecule has 0 radical (unpaired) electrons. The monoisotopic (exact) mass is 1110 g/mol. The molecule has 0 saturated heterocycles. The number of anilines is 1. The van der Waals surface area contributed by atoms with Gasteiger partial charge in [-0.2, -0.15) is 49.6 Å². The van der Waals surface area contributed by atoms with Crippen LogP contribution in [0, 0.1) is 29.4 Å². The van der Waals surface area contributed by atoms with Crippen molar-refractivity contribution >= 4 is 66.3 Å². The average molecular weight is 1110 g/mol. The molecule has 2 aromatic carbocycles. The van der Waals surface area contributed by atoms with Crippen molar-refractivity contribution < 1.29 is 85.0 Å². The minimum Gasteiger partial charge on any atom is -0.465 e. The fraction of sp³-hybridized carbons (Fsp3) is 0.409. The maximum absolute atomic E-state index is 15.6. The number of likely N-dealkylation sites (N-methyl/N-ethyl adjacent to an activating group) is 1. The van der Waals surface area contributed by atoms with Crippen LogP contribution < -0.4 is 9.62 Å². The van der Waals surface area contributed by atoms with Crippen LogP contribution >= 0.6 is 11.6 Å². The molecule has 1 unspecified atom stereocenters. The van der Waals surface area contributed by atoms with Crippen molar-refractivity contribution in [2.75, 3.05) is 37.0 Å². The summed E-state index contributed by atoms with van der Waals surface area (Å²) in [5.41, 5.74) is -6.22. The Morgan fingerprint density at radius 1 is 0.973 bits per heavy atom. The summed E-state index contributed by atoms with van der Waals surface area (Å²) in [6.07, 6.45) is -13.4. The summed E-state index contributed by atoms with van der Waals surface area (Å²) in [5.74, 6) is -6.30. The molecule has 0 bridgehead atoms. The first kappa shape index (κ1) is 55.1. The highest BCUT2D eigenvalue weighted by atomic mass is 35.5. The molecule has 3 aromatic heterocycles. The van der Waals surface area contributed by atoms with Crippen LogP contribution in [-0.2, 0) is 61.0 Å². The summed E-state index contributed by atoms with van der Waals surface area (Å²) < 4.78 is 202. The zero-order valence-corrected chi connectivity index (χ0v) is 41.2. The molecule has 30 heteroatoms. The number of nitrogens with one attached hydrogen (secondary N) is 1. The predicted octanol–water partition coefficient (Wildman–Crippen LogP) is 7.80. The fourth-order valence-electron chi connectivity index (χ4n) is 8.20. The lowest BCUT2D eigenvalue weighted by Crippen LogP contribution is -2.39. The van der Waals surface area contributed by atoms with Gasteiger partial charge in [-0.3, -0.25) is 14.2 Å². The second kappa shape index (κ2) is 19.2. The summed E-state index contributed by atoms with van der Waals surface area (Å²) in [7, 11) is -7.79. The number of pyridine rings is 1. The molecule has 3 heterocycles. The zero-order valence-electron chi connectivity index (χ0n) is 38.8. The zero-order chi connectivity index (χ0) is 55.0. The lowest BCUT2D eigenvalue weighted by molar-refractivity contribution is -0.143. The third-order valence-corrected chi connectivity index (χ3v) is 15.2. The molecule has 74 heavy (non-hydrogen) atoms. The number of sulfonamides is 1. The minimum atomic E-state index is -5.24. The number of alkyl halides is 8. The van der Waals surface area contributed by atoms with Crippen LogP contribution in [0.25, 0.3) is 22.0 Å². The molecule has 1 saturated carbocycles. The molecule has 1 fully saturated rings. The first-order chi connectivity index (χ1) is 34.0. The SMILES string of the molecule is CN(CCOC(=O)N(c1nn(CC(F)(F)F)c2c(-c3ccc(C#CC(C)(C)S(C)(=O)=O)nc3C(Cc3cc(F)cc(F)c3)NC(=O)Cn3nc(C(F)(F)F)c4c3C(F)(F)[C@@H]3C[C@H]43)ccc(Cl)c12)S(C)(=O)=O)C(=O)O. The van der Waals surface area contributed by atoms with E-state index in [-0.39, 0.29) is 36.9 Å². The van der Waals surface area contributed by atoms with E-state index in [4.69, 9.17) is 16.3 Å². The molecule has 3 atom stereocenters. The number of sulfone groups is 1. The van der Waals surface area contributed by atoms with Crippen molar-refractivity contribution in [3.05, 3.63) is 93.0 Å². The molecular weight excluding hydrogens is 1070 g/mol. The van der Waals surface area contributed by atoms with Crippen LogP contribution in [0.3, 0.4) is 0 Å². The Labute approximate surface area is 418 Å². The van der Waals surface area contributed by atoms with Crippen LogP contribution in [0.4, 0.5) is 59.3 Å². The van der Waals surface area contributed by atoms with E-state index in [0.29, 0.717) is 17.2 Å². The third-order valence-electron chi connectivity index (χ3n) is 12.0.